The van der Waals surface area contributed by atoms with E-state index in [0.29, 0.717) is 6.54 Å². The summed E-state index contributed by atoms with van der Waals surface area (Å²) in [6.07, 6.45) is 0. The van der Waals surface area contributed by atoms with E-state index in [4.69, 9.17) is 8.83 Å². The average Bonchev–Trinajstić information content (AvgIpc) is 3.64. The fraction of sp³-hybridized carbons (Fsp3) is 0.0244. The third kappa shape index (κ3) is 3.90. The van der Waals surface area contributed by atoms with Crippen LogP contribution in [0.5, 0.6) is 0 Å². The first-order valence-electron chi connectivity index (χ1n) is 15.0. The van der Waals surface area contributed by atoms with Crippen molar-refractivity contribution in [3.63, 3.8) is 0 Å². The van der Waals surface area contributed by atoms with Gasteiger partial charge in [0, 0.05) is 39.8 Å². The van der Waals surface area contributed by atoms with Crippen LogP contribution in [-0.4, -0.2) is 0 Å². The Morgan fingerprint density at radius 2 is 1.09 bits per heavy atom. The highest BCUT2D eigenvalue weighted by Gasteiger charge is 2.23. The van der Waals surface area contributed by atoms with Crippen molar-refractivity contribution in [2.45, 2.75) is 6.54 Å². The van der Waals surface area contributed by atoms with Crippen molar-refractivity contribution in [2.24, 2.45) is 0 Å². The summed E-state index contributed by atoms with van der Waals surface area (Å²) in [6, 6.07) is 53.3. The van der Waals surface area contributed by atoms with Crippen molar-refractivity contribution in [3.05, 3.63) is 157 Å². The van der Waals surface area contributed by atoms with Crippen LogP contribution in [0, 0.1) is 0 Å². The molecule has 0 aliphatic carbocycles. The molecule has 0 amide bonds. The molecule has 9 rings (SSSR count). The van der Waals surface area contributed by atoms with Gasteiger partial charge in [0.1, 0.15) is 22.3 Å². The second-order valence-electron chi connectivity index (χ2n) is 11.3. The molecule has 0 spiro atoms. The van der Waals surface area contributed by atoms with Gasteiger partial charge in [-0.05, 0) is 52.4 Å². The summed E-state index contributed by atoms with van der Waals surface area (Å²) in [7, 11) is 0. The molecule has 0 N–H and O–H groups in total. The largest absolute Gasteiger partial charge is 0.456 e. The highest BCUT2D eigenvalue weighted by molar-refractivity contribution is 6.21. The normalized spacial score (nSPS) is 11.7. The minimum atomic E-state index is 0.652. The number of rotatable bonds is 5. The average molecular weight is 566 g/mol. The van der Waals surface area contributed by atoms with Crippen molar-refractivity contribution in [3.8, 4) is 11.1 Å². The van der Waals surface area contributed by atoms with E-state index < -0.39 is 0 Å². The number of anilines is 2. The highest BCUT2D eigenvalue weighted by Crippen LogP contribution is 2.45. The van der Waals surface area contributed by atoms with Gasteiger partial charge in [-0.3, -0.25) is 0 Å². The molecule has 44 heavy (non-hydrogen) atoms. The van der Waals surface area contributed by atoms with E-state index in [1.54, 1.807) is 0 Å². The Morgan fingerprint density at radius 3 is 1.95 bits per heavy atom. The van der Waals surface area contributed by atoms with Gasteiger partial charge in [-0.15, -0.1) is 0 Å². The van der Waals surface area contributed by atoms with E-state index in [-0.39, 0.29) is 0 Å². The third-order valence-corrected chi connectivity index (χ3v) is 8.74. The smallest absolute Gasteiger partial charge is 0.138 e. The molecule has 0 atom stereocenters. The summed E-state index contributed by atoms with van der Waals surface area (Å²) < 4.78 is 12.9. The zero-order valence-corrected chi connectivity index (χ0v) is 23.9. The van der Waals surface area contributed by atoms with Crippen molar-refractivity contribution >= 4 is 66.0 Å². The number of fused-ring (bicyclic) bond motifs is 7. The minimum absolute atomic E-state index is 0.652. The molecule has 0 bridgehead atoms. The van der Waals surface area contributed by atoms with Crippen molar-refractivity contribution < 1.29 is 8.83 Å². The standard InChI is InChI=1S/C41H27NO2/c1-2-12-27(13-3-1)31-16-6-5-15-29(31)26-42(30-22-23-34-33-18-8-10-20-36(33)43-38(34)25-30)41-32-17-7-4-14-28(32)24-39-40(41)35-19-9-11-21-37(35)44-39/h1-25H,26H2. The van der Waals surface area contributed by atoms with Crippen LogP contribution >= 0.6 is 0 Å². The number of para-hydroxylation sites is 2. The summed E-state index contributed by atoms with van der Waals surface area (Å²) in [6.45, 7) is 0.652. The van der Waals surface area contributed by atoms with Crippen LogP contribution in [0.15, 0.2) is 160 Å². The van der Waals surface area contributed by atoms with Crippen molar-refractivity contribution in [1.82, 2.24) is 0 Å². The van der Waals surface area contributed by atoms with E-state index >= 15 is 0 Å². The molecule has 0 radical (unpaired) electrons. The van der Waals surface area contributed by atoms with Crippen molar-refractivity contribution in [2.75, 3.05) is 4.90 Å². The van der Waals surface area contributed by atoms with Crippen LogP contribution in [0.2, 0.25) is 0 Å². The third-order valence-electron chi connectivity index (χ3n) is 8.74. The van der Waals surface area contributed by atoms with E-state index in [9.17, 15) is 0 Å². The first kappa shape index (κ1) is 24.8. The maximum Gasteiger partial charge on any atom is 0.138 e. The lowest BCUT2D eigenvalue weighted by Crippen LogP contribution is -2.18. The summed E-state index contributed by atoms with van der Waals surface area (Å²) in [5.41, 5.74) is 9.38. The quantitative estimate of drug-likeness (QED) is 0.208. The zero-order chi connectivity index (χ0) is 29.0. The molecule has 208 valence electrons. The van der Waals surface area contributed by atoms with Crippen LogP contribution in [0.3, 0.4) is 0 Å². The lowest BCUT2D eigenvalue weighted by atomic mass is 9.97. The predicted molar refractivity (Wildman–Crippen MR) is 183 cm³/mol. The van der Waals surface area contributed by atoms with E-state index in [0.717, 1.165) is 60.6 Å². The summed E-state index contributed by atoms with van der Waals surface area (Å²) in [5.74, 6) is 0. The molecule has 2 aromatic heterocycles. The van der Waals surface area contributed by atoms with E-state index in [1.807, 2.05) is 18.2 Å². The lowest BCUT2D eigenvalue weighted by molar-refractivity contribution is 0.669. The zero-order valence-electron chi connectivity index (χ0n) is 23.9. The van der Waals surface area contributed by atoms with Crippen LogP contribution < -0.4 is 4.90 Å². The van der Waals surface area contributed by atoms with Gasteiger partial charge < -0.3 is 13.7 Å². The second-order valence-corrected chi connectivity index (χ2v) is 11.3. The van der Waals surface area contributed by atoms with Gasteiger partial charge in [0.15, 0.2) is 0 Å². The monoisotopic (exact) mass is 565 g/mol. The molecule has 0 saturated carbocycles. The van der Waals surface area contributed by atoms with Gasteiger partial charge in [-0.1, -0.05) is 115 Å². The predicted octanol–water partition coefficient (Wildman–Crippen LogP) is 11.6. The van der Waals surface area contributed by atoms with Crippen LogP contribution in [-0.2, 0) is 6.54 Å². The molecule has 0 saturated heterocycles. The molecule has 0 aliphatic rings. The van der Waals surface area contributed by atoms with Gasteiger partial charge in [0.25, 0.3) is 0 Å². The summed E-state index contributed by atoms with van der Waals surface area (Å²) in [5, 5.41) is 6.78. The molecule has 3 nitrogen and oxygen atoms in total. The Hall–Kier alpha value is -5.80. The summed E-state index contributed by atoms with van der Waals surface area (Å²) in [4.78, 5) is 2.45. The van der Waals surface area contributed by atoms with Gasteiger partial charge in [0.2, 0.25) is 0 Å². The van der Waals surface area contributed by atoms with Gasteiger partial charge in [0.05, 0.1) is 11.1 Å². The summed E-state index contributed by atoms with van der Waals surface area (Å²) >= 11 is 0. The van der Waals surface area contributed by atoms with Gasteiger partial charge in [-0.2, -0.15) is 0 Å². The lowest BCUT2D eigenvalue weighted by Gasteiger charge is -2.28. The van der Waals surface area contributed by atoms with E-state index in [1.165, 1.54) is 22.1 Å². The van der Waals surface area contributed by atoms with Crippen LogP contribution in [0.4, 0.5) is 11.4 Å². The highest BCUT2D eigenvalue weighted by atomic mass is 16.3. The fourth-order valence-corrected chi connectivity index (χ4v) is 6.71. The minimum Gasteiger partial charge on any atom is -0.456 e. The maximum atomic E-state index is 6.50. The molecular formula is C41H27NO2. The molecule has 0 fully saturated rings. The van der Waals surface area contributed by atoms with Crippen LogP contribution in [0.25, 0.3) is 65.8 Å². The molecule has 2 heterocycles. The Bertz CT molecular complexity index is 2490. The molecule has 0 unspecified atom stereocenters. The Morgan fingerprint density at radius 1 is 0.455 bits per heavy atom. The maximum absolute atomic E-state index is 6.50. The fourth-order valence-electron chi connectivity index (χ4n) is 6.71. The van der Waals surface area contributed by atoms with Crippen molar-refractivity contribution in [1.29, 1.82) is 0 Å². The molecule has 9 aromatic rings. The Balaban J connectivity index is 1.35. The SMILES string of the molecule is c1ccc(-c2ccccc2CN(c2ccc3c(c2)oc2ccccc23)c2c3ccccc3cc3oc4ccccc4c23)cc1. The number of hydrogen-bond donors (Lipinski definition) is 0. The van der Waals surface area contributed by atoms with Crippen LogP contribution in [0.1, 0.15) is 5.56 Å². The van der Waals surface area contributed by atoms with Gasteiger partial charge >= 0.3 is 0 Å². The first-order chi connectivity index (χ1) is 21.8. The number of benzene rings is 7. The Kier molecular flexibility index (Phi) is 5.57. The van der Waals surface area contributed by atoms with Gasteiger partial charge in [-0.25, -0.2) is 0 Å². The van der Waals surface area contributed by atoms with E-state index in [2.05, 4.69) is 138 Å². The second kappa shape index (κ2) is 9.89. The topological polar surface area (TPSA) is 29.5 Å². The first-order valence-corrected chi connectivity index (χ1v) is 15.0. The number of hydrogen-bond acceptors (Lipinski definition) is 3. The molecular weight excluding hydrogens is 538 g/mol. The molecule has 7 aromatic carbocycles. The Labute approximate surface area is 254 Å². The molecule has 0 aliphatic heterocycles. The molecule has 3 heteroatoms. The number of furan rings is 2. The number of nitrogens with zero attached hydrogens (tertiary/aromatic N) is 1.